The lowest BCUT2D eigenvalue weighted by Crippen LogP contribution is -2.03. The number of carbonyl (C=O) groups excluding carboxylic acids is 1. The Morgan fingerprint density at radius 2 is 2.13 bits per heavy atom. The van der Waals surface area contributed by atoms with E-state index in [-0.39, 0.29) is 11.3 Å². The van der Waals surface area contributed by atoms with Crippen LogP contribution in [0.4, 0.5) is 4.39 Å². The Balaban J connectivity index is 2.46. The van der Waals surface area contributed by atoms with Crippen LogP contribution in [0.5, 0.6) is 0 Å². The van der Waals surface area contributed by atoms with E-state index in [0.29, 0.717) is 5.56 Å². The Morgan fingerprint density at radius 3 is 2.80 bits per heavy atom. The second-order valence-corrected chi connectivity index (χ2v) is 4.10. The molecule has 15 heavy (non-hydrogen) atoms. The van der Waals surface area contributed by atoms with Crippen LogP contribution >= 0.6 is 11.3 Å². The molecule has 0 saturated heterocycles. The highest BCUT2D eigenvalue weighted by molar-refractivity contribution is 7.08. The summed E-state index contributed by atoms with van der Waals surface area (Å²) in [5.41, 5.74) is 1.58. The van der Waals surface area contributed by atoms with Gasteiger partial charge in [0.15, 0.2) is 5.78 Å². The van der Waals surface area contributed by atoms with Crippen molar-refractivity contribution in [2.75, 3.05) is 0 Å². The van der Waals surface area contributed by atoms with Gasteiger partial charge in [-0.1, -0.05) is 11.6 Å². The number of thiophene rings is 1. The van der Waals surface area contributed by atoms with Gasteiger partial charge in [-0.2, -0.15) is 11.3 Å². The van der Waals surface area contributed by atoms with E-state index in [2.05, 4.69) is 0 Å². The maximum absolute atomic E-state index is 13.4. The minimum absolute atomic E-state index is 0.147. The third-order valence-corrected chi connectivity index (χ3v) is 2.83. The van der Waals surface area contributed by atoms with Crippen molar-refractivity contribution in [1.29, 1.82) is 0 Å². The fraction of sp³-hybridized carbons (Fsp3) is 0.0833. The summed E-state index contributed by atoms with van der Waals surface area (Å²) in [4.78, 5) is 11.8. The molecular formula is C12H9FOS. The molecule has 0 amide bonds. The number of rotatable bonds is 2. The number of halogens is 1. The molecule has 0 aliphatic carbocycles. The molecule has 1 aromatic carbocycles. The van der Waals surface area contributed by atoms with Gasteiger partial charge in [-0.3, -0.25) is 4.79 Å². The van der Waals surface area contributed by atoms with Crippen molar-refractivity contribution in [3.63, 3.8) is 0 Å². The third kappa shape index (κ3) is 1.97. The maximum atomic E-state index is 13.4. The van der Waals surface area contributed by atoms with Crippen LogP contribution in [-0.4, -0.2) is 5.78 Å². The zero-order valence-corrected chi connectivity index (χ0v) is 8.98. The molecule has 0 radical (unpaired) electrons. The van der Waals surface area contributed by atoms with Gasteiger partial charge in [-0.25, -0.2) is 4.39 Å². The second kappa shape index (κ2) is 3.95. The lowest BCUT2D eigenvalue weighted by molar-refractivity contribution is 0.103. The highest BCUT2D eigenvalue weighted by atomic mass is 32.1. The molecule has 76 valence electrons. The van der Waals surface area contributed by atoms with Crippen LogP contribution in [-0.2, 0) is 0 Å². The van der Waals surface area contributed by atoms with Gasteiger partial charge in [0.05, 0.1) is 5.56 Å². The zero-order chi connectivity index (χ0) is 10.8. The van der Waals surface area contributed by atoms with E-state index < -0.39 is 5.82 Å². The van der Waals surface area contributed by atoms with Crippen LogP contribution in [0.3, 0.4) is 0 Å². The van der Waals surface area contributed by atoms with Gasteiger partial charge >= 0.3 is 0 Å². The van der Waals surface area contributed by atoms with E-state index in [1.54, 1.807) is 29.0 Å². The Labute approximate surface area is 91.2 Å². The Bertz CT molecular complexity index is 488. The van der Waals surface area contributed by atoms with Crippen molar-refractivity contribution in [2.24, 2.45) is 0 Å². The SMILES string of the molecule is Cc1ccc(F)c(C(=O)c2ccsc2)c1. The number of hydrogen-bond donors (Lipinski definition) is 0. The normalized spacial score (nSPS) is 10.3. The average Bonchev–Trinajstić information content (AvgIpc) is 2.74. The lowest BCUT2D eigenvalue weighted by Gasteiger charge is -2.01. The van der Waals surface area contributed by atoms with Crippen molar-refractivity contribution in [1.82, 2.24) is 0 Å². The van der Waals surface area contributed by atoms with Crippen LogP contribution in [0, 0.1) is 12.7 Å². The fourth-order valence-corrected chi connectivity index (χ4v) is 2.00. The predicted octanol–water partition coefficient (Wildman–Crippen LogP) is 3.43. The Kier molecular flexibility index (Phi) is 2.64. The molecule has 0 spiro atoms. The molecule has 0 aliphatic heterocycles. The Hall–Kier alpha value is -1.48. The van der Waals surface area contributed by atoms with Gasteiger partial charge in [-0.15, -0.1) is 0 Å². The van der Waals surface area contributed by atoms with Crippen molar-refractivity contribution in [2.45, 2.75) is 6.92 Å². The third-order valence-electron chi connectivity index (χ3n) is 2.15. The molecule has 0 unspecified atom stereocenters. The lowest BCUT2D eigenvalue weighted by atomic mass is 10.0. The summed E-state index contributed by atoms with van der Waals surface area (Å²) in [5.74, 6) is -0.714. The molecule has 0 bridgehead atoms. The minimum Gasteiger partial charge on any atom is -0.288 e. The number of hydrogen-bond acceptors (Lipinski definition) is 2. The molecule has 0 aliphatic rings. The van der Waals surface area contributed by atoms with E-state index in [1.165, 1.54) is 17.4 Å². The van der Waals surface area contributed by atoms with Gasteiger partial charge in [0.2, 0.25) is 0 Å². The van der Waals surface area contributed by atoms with E-state index in [0.717, 1.165) is 5.56 Å². The zero-order valence-electron chi connectivity index (χ0n) is 8.16. The summed E-state index contributed by atoms with van der Waals surface area (Å²) in [6.07, 6.45) is 0. The number of benzene rings is 1. The summed E-state index contributed by atoms with van der Waals surface area (Å²) < 4.78 is 13.4. The molecular weight excluding hydrogens is 211 g/mol. The molecule has 0 atom stereocenters. The van der Waals surface area contributed by atoms with E-state index >= 15 is 0 Å². The van der Waals surface area contributed by atoms with Crippen LogP contribution in [0.2, 0.25) is 0 Å². The van der Waals surface area contributed by atoms with Gasteiger partial charge in [0.1, 0.15) is 5.82 Å². The van der Waals surface area contributed by atoms with Crippen LogP contribution in [0.15, 0.2) is 35.0 Å². The van der Waals surface area contributed by atoms with Crippen LogP contribution in [0.1, 0.15) is 21.5 Å². The molecule has 0 saturated carbocycles. The van der Waals surface area contributed by atoms with Gasteiger partial charge in [0.25, 0.3) is 0 Å². The van der Waals surface area contributed by atoms with Crippen LogP contribution < -0.4 is 0 Å². The van der Waals surface area contributed by atoms with E-state index in [1.807, 2.05) is 6.92 Å². The molecule has 2 aromatic rings. The first-order valence-corrected chi connectivity index (χ1v) is 5.46. The maximum Gasteiger partial charge on any atom is 0.196 e. The van der Waals surface area contributed by atoms with Gasteiger partial charge < -0.3 is 0 Å². The molecule has 1 nitrogen and oxygen atoms in total. The first-order chi connectivity index (χ1) is 7.18. The highest BCUT2D eigenvalue weighted by Crippen LogP contribution is 2.16. The Morgan fingerprint density at radius 1 is 1.33 bits per heavy atom. The average molecular weight is 220 g/mol. The fourth-order valence-electron chi connectivity index (χ4n) is 1.36. The number of ketones is 1. The first kappa shape index (κ1) is 10.1. The van der Waals surface area contributed by atoms with Crippen molar-refractivity contribution < 1.29 is 9.18 Å². The molecule has 3 heteroatoms. The summed E-state index contributed by atoms with van der Waals surface area (Å²) in [7, 11) is 0. The highest BCUT2D eigenvalue weighted by Gasteiger charge is 2.13. The first-order valence-electron chi connectivity index (χ1n) is 4.51. The summed E-state index contributed by atoms with van der Waals surface area (Å²) in [6, 6.07) is 6.26. The molecule has 1 heterocycles. The van der Waals surface area contributed by atoms with Gasteiger partial charge in [-0.05, 0) is 30.5 Å². The topological polar surface area (TPSA) is 17.1 Å². The van der Waals surface area contributed by atoms with Crippen molar-refractivity contribution in [3.05, 3.63) is 57.5 Å². The monoisotopic (exact) mass is 220 g/mol. The molecule has 0 N–H and O–H groups in total. The minimum atomic E-state index is -0.461. The molecule has 2 rings (SSSR count). The summed E-state index contributed by atoms with van der Waals surface area (Å²) >= 11 is 1.43. The molecule has 1 aromatic heterocycles. The van der Waals surface area contributed by atoms with Gasteiger partial charge in [0, 0.05) is 10.9 Å². The predicted molar refractivity (Wildman–Crippen MR) is 58.9 cm³/mol. The standard InChI is InChI=1S/C12H9FOS/c1-8-2-3-11(13)10(6-8)12(14)9-4-5-15-7-9/h2-7H,1H3. The van der Waals surface area contributed by atoms with Crippen molar-refractivity contribution in [3.8, 4) is 0 Å². The largest absolute Gasteiger partial charge is 0.288 e. The molecule has 0 fully saturated rings. The van der Waals surface area contributed by atoms with Crippen LogP contribution in [0.25, 0.3) is 0 Å². The van der Waals surface area contributed by atoms with Crippen molar-refractivity contribution >= 4 is 17.1 Å². The second-order valence-electron chi connectivity index (χ2n) is 3.32. The quantitative estimate of drug-likeness (QED) is 0.709. The number of carbonyl (C=O) groups is 1. The summed E-state index contributed by atoms with van der Waals surface area (Å²) in [6.45, 7) is 1.84. The summed E-state index contributed by atoms with van der Waals surface area (Å²) in [5, 5.41) is 3.53. The number of aryl methyl sites for hydroxylation is 1. The van der Waals surface area contributed by atoms with E-state index in [4.69, 9.17) is 0 Å². The van der Waals surface area contributed by atoms with E-state index in [9.17, 15) is 9.18 Å². The smallest absolute Gasteiger partial charge is 0.196 e.